The van der Waals surface area contributed by atoms with Crippen LogP contribution in [-0.4, -0.2) is 64.4 Å². The molecule has 1 amide bonds. The van der Waals surface area contributed by atoms with E-state index in [1.807, 2.05) is 32.0 Å². The van der Waals surface area contributed by atoms with Crippen LogP contribution in [0.5, 0.6) is 11.6 Å². The molecule has 0 N–H and O–H groups in total. The van der Waals surface area contributed by atoms with Gasteiger partial charge in [0.05, 0.1) is 43.1 Å². The number of aldehydes is 1. The average molecular weight is 592 g/mol. The molecule has 0 unspecified atom stereocenters. The van der Waals surface area contributed by atoms with Crippen LogP contribution in [0.3, 0.4) is 0 Å². The largest absolute Gasteiger partial charge is 0.497 e. The fraction of sp³-hybridized carbons (Fsp3) is 0.676. The maximum absolute atomic E-state index is 14.3. The Morgan fingerprint density at radius 1 is 1.02 bits per heavy atom. The number of carbonyl (C=O) groups is 3. The Bertz CT molecular complexity index is 1360. The van der Waals surface area contributed by atoms with E-state index in [2.05, 4.69) is 0 Å². The number of hydrogen-bond donors (Lipinski definition) is 0. The summed E-state index contributed by atoms with van der Waals surface area (Å²) in [6.07, 6.45) is 11.2. The maximum atomic E-state index is 14.3. The van der Waals surface area contributed by atoms with Crippen molar-refractivity contribution in [3.8, 4) is 11.6 Å². The Hall–Kier alpha value is -3.23. The lowest BCUT2D eigenvalue weighted by Gasteiger charge is -2.33. The third-order valence-electron chi connectivity index (χ3n) is 10.5. The molecule has 3 fully saturated rings. The Morgan fingerprint density at radius 3 is 2.56 bits per heavy atom. The topological polar surface area (TPSA) is 108 Å². The normalized spacial score (nSPS) is 32.5. The van der Waals surface area contributed by atoms with Crippen LogP contribution in [0, 0.1) is 23.7 Å². The van der Waals surface area contributed by atoms with Crippen molar-refractivity contribution in [2.75, 3.05) is 13.7 Å². The number of methoxy groups -OCH3 is 1. The number of hydrogen-bond acceptors (Lipinski definition) is 8. The third-order valence-corrected chi connectivity index (χ3v) is 10.5. The van der Waals surface area contributed by atoms with Gasteiger partial charge in [0.25, 0.3) is 0 Å². The second-order valence-corrected chi connectivity index (χ2v) is 13.5. The third kappa shape index (κ3) is 6.22. The zero-order valence-corrected chi connectivity index (χ0v) is 25.8. The summed E-state index contributed by atoms with van der Waals surface area (Å²) in [4.78, 5) is 51.6. The van der Waals surface area contributed by atoms with E-state index in [0.29, 0.717) is 29.5 Å². The van der Waals surface area contributed by atoms with Crippen LogP contribution in [0.2, 0.25) is 0 Å². The average Bonchev–Trinajstić information content (AvgIpc) is 3.53. The summed E-state index contributed by atoms with van der Waals surface area (Å²) in [6, 6.07) is 5.00. The number of aryl methyl sites for hydroxylation is 1. The highest BCUT2D eigenvalue weighted by Crippen LogP contribution is 2.50. The van der Waals surface area contributed by atoms with Crippen molar-refractivity contribution >= 4 is 29.2 Å². The zero-order chi connectivity index (χ0) is 30.1. The number of ether oxygens (including phenoxy) is 3. The second kappa shape index (κ2) is 12.4. The standard InChI is InChI=1S/C34H45N3O6/c1-21-29(20-38)37-19-30(21)42-32-27(35-26-15-14-24(41-3)16-28(26)36-32)13-9-5-8-12-23-18-34(23,2)43-31(39)17-25(33(37)40)22-10-6-4-7-11-22/h14-16,20-23,25,29-30H,4-13,17-19H2,1-3H3/t21-,23+,25-,29+,30-,34+/m0/s1. The molecule has 6 atom stereocenters. The van der Waals surface area contributed by atoms with Crippen LogP contribution in [0.15, 0.2) is 18.2 Å². The van der Waals surface area contributed by atoms with Crippen LogP contribution < -0.4 is 9.47 Å². The van der Waals surface area contributed by atoms with E-state index in [4.69, 9.17) is 24.2 Å². The van der Waals surface area contributed by atoms with E-state index in [-0.39, 0.29) is 36.7 Å². The molecule has 1 aromatic heterocycles. The van der Waals surface area contributed by atoms with E-state index in [1.165, 1.54) is 0 Å². The van der Waals surface area contributed by atoms with Crippen LogP contribution in [0.4, 0.5) is 0 Å². The predicted molar refractivity (Wildman–Crippen MR) is 161 cm³/mol. The van der Waals surface area contributed by atoms with E-state index in [1.54, 1.807) is 12.0 Å². The van der Waals surface area contributed by atoms with Crippen LogP contribution in [-0.2, 0) is 25.5 Å². The number of fused-ring (bicyclic) bond motifs is 5. The van der Waals surface area contributed by atoms with Gasteiger partial charge in [-0.15, -0.1) is 0 Å². The number of nitrogens with zero attached hydrogens (tertiary/aromatic N) is 3. The summed E-state index contributed by atoms with van der Waals surface area (Å²) in [6.45, 7) is 4.25. The van der Waals surface area contributed by atoms with Crippen molar-refractivity contribution in [2.45, 2.75) is 109 Å². The van der Waals surface area contributed by atoms with Gasteiger partial charge in [-0.1, -0.05) is 39.0 Å². The van der Waals surface area contributed by atoms with Crippen LogP contribution in [0.1, 0.15) is 90.2 Å². The highest BCUT2D eigenvalue weighted by molar-refractivity contribution is 5.87. The molecule has 9 nitrogen and oxygen atoms in total. The summed E-state index contributed by atoms with van der Waals surface area (Å²) >= 11 is 0. The van der Waals surface area contributed by atoms with E-state index >= 15 is 0 Å². The highest BCUT2D eigenvalue weighted by Gasteiger charge is 2.54. The molecule has 0 radical (unpaired) electrons. The number of rotatable bonds is 3. The lowest BCUT2D eigenvalue weighted by atomic mass is 9.77. The Kier molecular flexibility index (Phi) is 8.60. The number of amides is 1. The first kappa shape index (κ1) is 29.8. The number of benzene rings is 1. The fourth-order valence-corrected chi connectivity index (χ4v) is 7.66. The molecule has 2 aliphatic carbocycles. The maximum Gasteiger partial charge on any atom is 0.307 e. The van der Waals surface area contributed by atoms with Gasteiger partial charge in [0, 0.05) is 17.9 Å². The molecular formula is C34H45N3O6. The Morgan fingerprint density at radius 2 is 1.79 bits per heavy atom. The molecule has 0 spiro atoms. The first-order valence-corrected chi connectivity index (χ1v) is 16.3. The van der Waals surface area contributed by atoms with E-state index in [9.17, 15) is 14.4 Å². The van der Waals surface area contributed by atoms with Gasteiger partial charge in [-0.2, -0.15) is 0 Å². The Balaban J connectivity index is 1.33. The van der Waals surface area contributed by atoms with Crippen molar-refractivity contribution in [2.24, 2.45) is 23.7 Å². The lowest BCUT2D eigenvalue weighted by molar-refractivity contribution is -0.157. The number of aromatic nitrogens is 2. The van der Waals surface area contributed by atoms with E-state index in [0.717, 1.165) is 81.7 Å². The molecule has 1 aromatic carbocycles. The minimum absolute atomic E-state index is 0.0654. The number of carbonyl (C=O) groups excluding carboxylic acids is 3. The predicted octanol–water partition coefficient (Wildman–Crippen LogP) is 5.46. The zero-order valence-electron chi connectivity index (χ0n) is 25.8. The molecule has 1 saturated heterocycles. The van der Waals surface area contributed by atoms with Crippen molar-refractivity contribution in [3.63, 3.8) is 0 Å². The highest BCUT2D eigenvalue weighted by atomic mass is 16.6. The molecule has 4 aliphatic rings. The summed E-state index contributed by atoms with van der Waals surface area (Å²) in [7, 11) is 1.62. The minimum atomic E-state index is -0.635. The molecule has 2 bridgehead atoms. The van der Waals surface area contributed by atoms with Gasteiger partial charge in [-0.05, 0) is 63.5 Å². The summed E-state index contributed by atoms with van der Waals surface area (Å²) in [5, 5.41) is 0. The quantitative estimate of drug-likeness (QED) is 0.342. The SMILES string of the molecule is COc1ccc2nc3c(nc2c1)O[C@H]1CN(C(=O)[C@H](C2CCCCC2)CC(=O)O[C@]2(C)C[C@H]2CCCCC3)[C@H](C=O)[C@@H]1C. The Labute approximate surface area is 254 Å². The summed E-state index contributed by atoms with van der Waals surface area (Å²) in [5.41, 5.74) is 1.81. The molecule has 3 heterocycles. The molecular weight excluding hydrogens is 546 g/mol. The molecule has 43 heavy (non-hydrogen) atoms. The molecule has 2 aromatic rings. The first-order valence-electron chi connectivity index (χ1n) is 16.3. The summed E-state index contributed by atoms with van der Waals surface area (Å²) < 4.78 is 18.1. The lowest BCUT2D eigenvalue weighted by Crippen LogP contribution is -2.45. The van der Waals surface area contributed by atoms with Gasteiger partial charge in [0.2, 0.25) is 11.8 Å². The molecule has 2 aliphatic heterocycles. The minimum Gasteiger partial charge on any atom is -0.497 e. The smallest absolute Gasteiger partial charge is 0.307 e. The van der Waals surface area contributed by atoms with Gasteiger partial charge in [-0.25, -0.2) is 9.97 Å². The van der Waals surface area contributed by atoms with Crippen molar-refractivity contribution in [1.82, 2.24) is 14.9 Å². The van der Waals surface area contributed by atoms with Crippen LogP contribution >= 0.6 is 0 Å². The van der Waals surface area contributed by atoms with E-state index < -0.39 is 23.7 Å². The van der Waals surface area contributed by atoms with Crippen molar-refractivity contribution in [3.05, 3.63) is 23.9 Å². The van der Waals surface area contributed by atoms with Crippen LogP contribution in [0.25, 0.3) is 11.0 Å². The molecule has 232 valence electrons. The first-order chi connectivity index (χ1) is 20.8. The van der Waals surface area contributed by atoms with Gasteiger partial charge >= 0.3 is 5.97 Å². The van der Waals surface area contributed by atoms with Gasteiger partial charge < -0.3 is 23.9 Å². The van der Waals surface area contributed by atoms with Gasteiger partial charge in [0.15, 0.2) is 0 Å². The van der Waals surface area contributed by atoms with Crippen molar-refractivity contribution in [1.29, 1.82) is 0 Å². The molecule has 6 rings (SSSR count). The molecule has 2 saturated carbocycles. The fourth-order valence-electron chi connectivity index (χ4n) is 7.66. The van der Waals surface area contributed by atoms with Gasteiger partial charge in [0.1, 0.15) is 29.4 Å². The van der Waals surface area contributed by atoms with Crippen molar-refractivity contribution < 1.29 is 28.6 Å². The molecule has 9 heteroatoms. The second-order valence-electron chi connectivity index (χ2n) is 13.5. The summed E-state index contributed by atoms with van der Waals surface area (Å²) in [5.74, 6) is 0.448. The monoisotopic (exact) mass is 591 g/mol. The number of esters is 1. The van der Waals surface area contributed by atoms with Gasteiger partial charge in [-0.3, -0.25) is 9.59 Å².